The summed E-state index contributed by atoms with van der Waals surface area (Å²) in [6, 6.07) is 3.53. The summed E-state index contributed by atoms with van der Waals surface area (Å²) in [5.74, 6) is 0. The number of nitrogens with zero attached hydrogens (tertiary/aromatic N) is 1. The number of anilines is 1. The van der Waals surface area contributed by atoms with E-state index in [1.165, 1.54) is 0 Å². The van der Waals surface area contributed by atoms with Gasteiger partial charge in [-0.3, -0.25) is 4.79 Å². The molecule has 0 aromatic carbocycles. The minimum absolute atomic E-state index is 0.0247. The van der Waals surface area contributed by atoms with Crippen LogP contribution in [0.25, 0.3) is 0 Å². The lowest BCUT2D eigenvalue weighted by molar-refractivity contribution is 0.0107. The number of aromatic nitrogens is 1. The van der Waals surface area contributed by atoms with Crippen molar-refractivity contribution in [2.75, 3.05) is 12.4 Å². The molecule has 96 valence electrons. The van der Waals surface area contributed by atoms with Crippen LogP contribution in [0.5, 0.6) is 0 Å². The Morgan fingerprint density at radius 3 is 2.65 bits per heavy atom. The van der Waals surface area contributed by atoms with Crippen molar-refractivity contribution in [2.45, 2.75) is 45.9 Å². The Bertz CT molecular complexity index is 424. The van der Waals surface area contributed by atoms with E-state index in [9.17, 15) is 4.79 Å². The standard InChI is InChI=1S/C13H22N2O2/c1-6-15-9-11(7-8-12(15)16)14-10(2)13(3,4)17-5/h7-10,14H,6H2,1-5H3. The van der Waals surface area contributed by atoms with Gasteiger partial charge in [-0.2, -0.15) is 0 Å². The van der Waals surface area contributed by atoms with Crippen molar-refractivity contribution >= 4 is 5.69 Å². The highest BCUT2D eigenvalue weighted by Gasteiger charge is 2.25. The van der Waals surface area contributed by atoms with Crippen molar-refractivity contribution in [2.24, 2.45) is 0 Å². The van der Waals surface area contributed by atoms with Crippen molar-refractivity contribution in [3.63, 3.8) is 0 Å². The van der Waals surface area contributed by atoms with Crippen LogP contribution in [0, 0.1) is 0 Å². The summed E-state index contributed by atoms with van der Waals surface area (Å²) in [4.78, 5) is 11.5. The van der Waals surface area contributed by atoms with Gasteiger partial charge in [0.15, 0.2) is 0 Å². The molecular formula is C13H22N2O2. The predicted octanol–water partition coefficient (Wildman–Crippen LogP) is 2.09. The number of pyridine rings is 1. The van der Waals surface area contributed by atoms with Gasteiger partial charge in [0.25, 0.3) is 5.56 Å². The van der Waals surface area contributed by atoms with E-state index in [4.69, 9.17) is 4.74 Å². The highest BCUT2D eigenvalue weighted by atomic mass is 16.5. The van der Waals surface area contributed by atoms with Gasteiger partial charge >= 0.3 is 0 Å². The number of rotatable bonds is 5. The molecule has 1 aromatic rings. The van der Waals surface area contributed by atoms with E-state index < -0.39 is 0 Å². The first-order chi connectivity index (χ1) is 7.90. The zero-order chi connectivity index (χ0) is 13.1. The molecule has 0 aliphatic rings. The largest absolute Gasteiger partial charge is 0.379 e. The second kappa shape index (κ2) is 5.36. The summed E-state index contributed by atoms with van der Waals surface area (Å²) in [5, 5.41) is 3.35. The molecular weight excluding hydrogens is 216 g/mol. The van der Waals surface area contributed by atoms with E-state index in [1.807, 2.05) is 27.0 Å². The quantitative estimate of drug-likeness (QED) is 0.854. The summed E-state index contributed by atoms with van der Waals surface area (Å²) in [6.45, 7) is 8.75. The van der Waals surface area contributed by atoms with Crippen LogP contribution in [-0.4, -0.2) is 23.3 Å². The molecule has 0 spiro atoms. The van der Waals surface area contributed by atoms with Crippen LogP contribution in [0.4, 0.5) is 5.69 Å². The molecule has 0 aliphatic carbocycles. The Hall–Kier alpha value is -1.29. The van der Waals surface area contributed by atoms with Crippen LogP contribution in [0.1, 0.15) is 27.7 Å². The number of nitrogens with one attached hydrogen (secondary N) is 1. The van der Waals surface area contributed by atoms with Gasteiger partial charge in [-0.15, -0.1) is 0 Å². The highest BCUT2D eigenvalue weighted by Crippen LogP contribution is 2.17. The van der Waals surface area contributed by atoms with Crippen molar-refractivity contribution in [3.05, 3.63) is 28.7 Å². The average molecular weight is 238 g/mol. The molecule has 1 aromatic heterocycles. The molecule has 17 heavy (non-hydrogen) atoms. The third kappa shape index (κ3) is 3.33. The molecule has 1 unspecified atom stereocenters. The number of hydrogen-bond donors (Lipinski definition) is 1. The van der Waals surface area contributed by atoms with E-state index >= 15 is 0 Å². The topological polar surface area (TPSA) is 43.3 Å². The van der Waals surface area contributed by atoms with Crippen LogP contribution < -0.4 is 10.9 Å². The Morgan fingerprint density at radius 2 is 2.12 bits per heavy atom. The fourth-order valence-electron chi connectivity index (χ4n) is 1.46. The SMILES string of the molecule is CCn1cc(NC(C)C(C)(C)OC)ccc1=O. The third-order valence-corrected chi connectivity index (χ3v) is 3.28. The molecule has 1 atom stereocenters. The second-order valence-corrected chi connectivity index (χ2v) is 4.72. The molecule has 0 fully saturated rings. The minimum Gasteiger partial charge on any atom is -0.379 e. The van der Waals surface area contributed by atoms with Crippen molar-refractivity contribution in [1.29, 1.82) is 0 Å². The maximum Gasteiger partial charge on any atom is 0.250 e. The van der Waals surface area contributed by atoms with Gasteiger partial charge in [0.05, 0.1) is 17.3 Å². The van der Waals surface area contributed by atoms with Gasteiger partial charge < -0.3 is 14.6 Å². The summed E-state index contributed by atoms with van der Waals surface area (Å²) in [5.41, 5.74) is 0.702. The summed E-state index contributed by atoms with van der Waals surface area (Å²) in [7, 11) is 1.70. The number of methoxy groups -OCH3 is 1. The molecule has 0 amide bonds. The fraction of sp³-hybridized carbons (Fsp3) is 0.615. The first kappa shape index (κ1) is 13.8. The maximum atomic E-state index is 11.5. The molecule has 0 bridgehead atoms. The summed E-state index contributed by atoms with van der Waals surface area (Å²) in [6.07, 6.45) is 1.84. The van der Waals surface area contributed by atoms with E-state index in [2.05, 4.69) is 12.2 Å². The highest BCUT2D eigenvalue weighted by molar-refractivity contribution is 5.41. The van der Waals surface area contributed by atoms with Gasteiger partial charge in [-0.05, 0) is 33.8 Å². The maximum absolute atomic E-state index is 11.5. The van der Waals surface area contributed by atoms with Gasteiger partial charge in [-0.25, -0.2) is 0 Å². The smallest absolute Gasteiger partial charge is 0.250 e. The molecule has 0 aliphatic heterocycles. The van der Waals surface area contributed by atoms with Crippen LogP contribution in [0.15, 0.2) is 23.1 Å². The molecule has 0 saturated carbocycles. The zero-order valence-electron chi connectivity index (χ0n) is 11.3. The molecule has 0 radical (unpaired) electrons. The van der Waals surface area contributed by atoms with Crippen LogP contribution in [0.3, 0.4) is 0 Å². The van der Waals surface area contributed by atoms with Crippen molar-refractivity contribution < 1.29 is 4.74 Å². The molecule has 4 heteroatoms. The van der Waals surface area contributed by atoms with Crippen molar-refractivity contribution in [1.82, 2.24) is 4.57 Å². The Morgan fingerprint density at radius 1 is 1.47 bits per heavy atom. The van der Waals surface area contributed by atoms with Gasteiger partial charge in [0.1, 0.15) is 0 Å². The zero-order valence-corrected chi connectivity index (χ0v) is 11.3. The normalized spacial score (nSPS) is 13.5. The lowest BCUT2D eigenvalue weighted by Crippen LogP contribution is -2.41. The summed E-state index contributed by atoms with van der Waals surface area (Å²) >= 11 is 0. The molecule has 0 saturated heterocycles. The Kier molecular flexibility index (Phi) is 4.34. The van der Waals surface area contributed by atoms with Crippen LogP contribution >= 0.6 is 0 Å². The van der Waals surface area contributed by atoms with Gasteiger partial charge in [0.2, 0.25) is 0 Å². The minimum atomic E-state index is -0.257. The lowest BCUT2D eigenvalue weighted by atomic mass is 10.0. The summed E-state index contributed by atoms with van der Waals surface area (Å²) < 4.78 is 7.10. The number of aryl methyl sites for hydroxylation is 1. The predicted molar refractivity (Wildman–Crippen MR) is 70.5 cm³/mol. The number of hydrogen-bond acceptors (Lipinski definition) is 3. The Labute approximate surface area is 103 Å². The molecule has 1 heterocycles. The van der Waals surface area contributed by atoms with E-state index in [1.54, 1.807) is 23.8 Å². The van der Waals surface area contributed by atoms with E-state index in [-0.39, 0.29) is 17.2 Å². The molecule has 1 N–H and O–H groups in total. The fourth-order valence-corrected chi connectivity index (χ4v) is 1.46. The van der Waals surface area contributed by atoms with Gasteiger partial charge in [0, 0.05) is 25.9 Å². The van der Waals surface area contributed by atoms with Crippen LogP contribution in [0.2, 0.25) is 0 Å². The van der Waals surface area contributed by atoms with E-state index in [0.29, 0.717) is 6.54 Å². The second-order valence-electron chi connectivity index (χ2n) is 4.72. The van der Waals surface area contributed by atoms with Crippen LogP contribution in [-0.2, 0) is 11.3 Å². The van der Waals surface area contributed by atoms with Crippen molar-refractivity contribution in [3.8, 4) is 0 Å². The van der Waals surface area contributed by atoms with Gasteiger partial charge in [-0.1, -0.05) is 0 Å². The van der Waals surface area contributed by atoms with E-state index in [0.717, 1.165) is 5.69 Å². The first-order valence-corrected chi connectivity index (χ1v) is 5.93. The first-order valence-electron chi connectivity index (χ1n) is 5.93. The third-order valence-electron chi connectivity index (χ3n) is 3.28. The molecule has 1 rings (SSSR count). The molecule has 4 nitrogen and oxygen atoms in total. The Balaban J connectivity index is 2.86. The monoisotopic (exact) mass is 238 g/mol. The number of ether oxygens (including phenoxy) is 1. The lowest BCUT2D eigenvalue weighted by Gasteiger charge is -2.31. The average Bonchev–Trinajstić information content (AvgIpc) is 2.31.